The van der Waals surface area contributed by atoms with Gasteiger partial charge in [0.15, 0.2) is 0 Å². The predicted molar refractivity (Wildman–Crippen MR) is 82.6 cm³/mol. The average molecular weight is 308 g/mol. The van der Waals surface area contributed by atoms with E-state index in [0.29, 0.717) is 5.82 Å². The fourth-order valence-electron chi connectivity index (χ4n) is 2.18. The predicted octanol–water partition coefficient (Wildman–Crippen LogP) is 1.89. The molecule has 0 aliphatic heterocycles. The van der Waals surface area contributed by atoms with Crippen molar-refractivity contribution in [3.05, 3.63) is 42.1 Å². The summed E-state index contributed by atoms with van der Waals surface area (Å²) < 4.78 is 28.9. The first-order chi connectivity index (χ1) is 9.97. The van der Waals surface area contributed by atoms with Crippen LogP contribution in [0.5, 0.6) is 0 Å². The molecule has 1 atom stereocenters. The average Bonchev–Trinajstić information content (AvgIpc) is 2.85. The Morgan fingerprint density at radius 1 is 1.33 bits per heavy atom. The second-order valence-corrected chi connectivity index (χ2v) is 6.45. The number of benzene rings is 1. The molecule has 7 heteroatoms. The SMILES string of the molecule is CCC(NC)c1cccc(S(=O)(=O)Nc2ccnn2C)c1. The summed E-state index contributed by atoms with van der Waals surface area (Å²) in [4.78, 5) is 0.245. The van der Waals surface area contributed by atoms with E-state index in [1.807, 2.05) is 13.1 Å². The van der Waals surface area contributed by atoms with Gasteiger partial charge in [0.05, 0.1) is 11.1 Å². The minimum atomic E-state index is -3.62. The molecule has 1 aromatic heterocycles. The van der Waals surface area contributed by atoms with Crippen LogP contribution in [-0.2, 0) is 17.1 Å². The van der Waals surface area contributed by atoms with Crippen LogP contribution < -0.4 is 10.0 Å². The summed E-state index contributed by atoms with van der Waals surface area (Å²) in [6, 6.07) is 8.72. The standard InChI is InChI=1S/C14H20N4O2S/c1-4-13(15-2)11-6-5-7-12(10-11)21(19,20)17-14-8-9-16-18(14)3/h5-10,13,15,17H,4H2,1-3H3. The van der Waals surface area contributed by atoms with Crippen LogP contribution in [0.1, 0.15) is 24.9 Å². The molecule has 0 bridgehead atoms. The van der Waals surface area contributed by atoms with Crippen LogP contribution in [0.4, 0.5) is 5.82 Å². The van der Waals surface area contributed by atoms with Crippen LogP contribution in [0.15, 0.2) is 41.4 Å². The van der Waals surface area contributed by atoms with Crippen molar-refractivity contribution in [3.63, 3.8) is 0 Å². The Morgan fingerprint density at radius 2 is 2.10 bits per heavy atom. The molecule has 0 fully saturated rings. The van der Waals surface area contributed by atoms with Crippen molar-refractivity contribution in [1.82, 2.24) is 15.1 Å². The minimum Gasteiger partial charge on any atom is -0.313 e. The van der Waals surface area contributed by atoms with Gasteiger partial charge in [0.25, 0.3) is 10.0 Å². The van der Waals surface area contributed by atoms with E-state index in [1.54, 1.807) is 37.5 Å². The van der Waals surface area contributed by atoms with Gasteiger partial charge in [0.1, 0.15) is 5.82 Å². The molecule has 0 saturated heterocycles. The molecule has 0 aliphatic carbocycles. The van der Waals surface area contributed by atoms with E-state index in [2.05, 4.69) is 22.1 Å². The third-order valence-electron chi connectivity index (χ3n) is 3.39. The van der Waals surface area contributed by atoms with Gasteiger partial charge < -0.3 is 5.32 Å². The molecule has 114 valence electrons. The molecule has 1 aromatic carbocycles. The lowest BCUT2D eigenvalue weighted by atomic mass is 10.1. The molecule has 0 saturated carbocycles. The Balaban J connectivity index is 2.32. The van der Waals surface area contributed by atoms with Gasteiger partial charge in [0.2, 0.25) is 0 Å². The first kappa shape index (κ1) is 15.5. The van der Waals surface area contributed by atoms with Crippen molar-refractivity contribution in [2.75, 3.05) is 11.8 Å². The topological polar surface area (TPSA) is 76.0 Å². The molecular weight excluding hydrogens is 288 g/mol. The maximum absolute atomic E-state index is 12.4. The number of aromatic nitrogens is 2. The number of nitrogens with zero attached hydrogens (tertiary/aromatic N) is 2. The van der Waals surface area contributed by atoms with E-state index in [0.717, 1.165) is 12.0 Å². The molecular formula is C14H20N4O2S. The Kier molecular flexibility index (Phi) is 4.64. The molecule has 6 nitrogen and oxygen atoms in total. The summed E-state index contributed by atoms with van der Waals surface area (Å²) in [7, 11) is -0.0696. The second-order valence-electron chi connectivity index (χ2n) is 4.77. The molecule has 21 heavy (non-hydrogen) atoms. The Bertz CT molecular complexity index is 705. The maximum atomic E-state index is 12.4. The molecule has 0 radical (unpaired) electrons. The number of aryl methyl sites for hydroxylation is 1. The van der Waals surface area contributed by atoms with Crippen LogP contribution in [0.25, 0.3) is 0 Å². The number of anilines is 1. The van der Waals surface area contributed by atoms with Crippen molar-refractivity contribution < 1.29 is 8.42 Å². The zero-order valence-corrected chi connectivity index (χ0v) is 13.2. The minimum absolute atomic E-state index is 0.136. The summed E-state index contributed by atoms with van der Waals surface area (Å²) in [6.07, 6.45) is 2.43. The van der Waals surface area contributed by atoms with Gasteiger partial charge in [-0.05, 0) is 31.2 Å². The lowest BCUT2D eigenvalue weighted by Crippen LogP contribution is -2.18. The largest absolute Gasteiger partial charge is 0.313 e. The first-order valence-electron chi connectivity index (χ1n) is 6.76. The summed E-state index contributed by atoms with van der Waals surface area (Å²) in [5.41, 5.74) is 0.952. The van der Waals surface area contributed by atoms with E-state index in [1.165, 1.54) is 4.68 Å². The van der Waals surface area contributed by atoms with Crippen LogP contribution in [0.2, 0.25) is 0 Å². The van der Waals surface area contributed by atoms with Gasteiger partial charge >= 0.3 is 0 Å². The van der Waals surface area contributed by atoms with Gasteiger partial charge in [-0.15, -0.1) is 0 Å². The zero-order chi connectivity index (χ0) is 15.5. The second kappa shape index (κ2) is 6.28. The van der Waals surface area contributed by atoms with Crippen molar-refractivity contribution in [1.29, 1.82) is 0 Å². The van der Waals surface area contributed by atoms with E-state index < -0.39 is 10.0 Å². The smallest absolute Gasteiger partial charge is 0.263 e. The number of rotatable bonds is 6. The number of hydrogen-bond acceptors (Lipinski definition) is 4. The number of sulfonamides is 1. The van der Waals surface area contributed by atoms with Crippen molar-refractivity contribution in [3.8, 4) is 0 Å². The van der Waals surface area contributed by atoms with E-state index in [-0.39, 0.29) is 10.9 Å². The van der Waals surface area contributed by atoms with E-state index in [4.69, 9.17) is 0 Å². The summed E-state index contributed by atoms with van der Waals surface area (Å²) in [5, 5.41) is 7.12. The molecule has 1 heterocycles. The van der Waals surface area contributed by atoms with E-state index in [9.17, 15) is 8.42 Å². The summed E-state index contributed by atoms with van der Waals surface area (Å²) >= 11 is 0. The quantitative estimate of drug-likeness (QED) is 0.854. The van der Waals surface area contributed by atoms with Crippen molar-refractivity contribution >= 4 is 15.8 Å². The van der Waals surface area contributed by atoms with Crippen LogP contribution in [-0.4, -0.2) is 25.2 Å². The van der Waals surface area contributed by atoms with E-state index >= 15 is 0 Å². The van der Waals surface area contributed by atoms with Crippen LogP contribution >= 0.6 is 0 Å². The third kappa shape index (κ3) is 3.43. The van der Waals surface area contributed by atoms with Crippen LogP contribution in [0.3, 0.4) is 0 Å². The third-order valence-corrected chi connectivity index (χ3v) is 4.74. The molecule has 2 N–H and O–H groups in total. The van der Waals surface area contributed by atoms with Crippen LogP contribution in [0, 0.1) is 0 Å². The Morgan fingerprint density at radius 3 is 2.67 bits per heavy atom. The molecule has 0 spiro atoms. The zero-order valence-electron chi connectivity index (χ0n) is 12.4. The Hall–Kier alpha value is -1.86. The highest BCUT2D eigenvalue weighted by molar-refractivity contribution is 7.92. The van der Waals surface area contributed by atoms with Gasteiger partial charge in [-0.25, -0.2) is 8.42 Å². The highest BCUT2D eigenvalue weighted by atomic mass is 32.2. The Labute approximate surface area is 125 Å². The summed E-state index contributed by atoms with van der Waals surface area (Å²) in [5.74, 6) is 0.432. The van der Waals surface area contributed by atoms with Gasteiger partial charge in [0, 0.05) is 19.2 Å². The van der Waals surface area contributed by atoms with Gasteiger partial charge in [-0.2, -0.15) is 5.10 Å². The fraction of sp³-hybridized carbons (Fsp3) is 0.357. The molecule has 2 rings (SSSR count). The normalized spacial score (nSPS) is 13.1. The summed E-state index contributed by atoms with van der Waals surface area (Å²) in [6.45, 7) is 2.05. The molecule has 0 amide bonds. The maximum Gasteiger partial charge on any atom is 0.263 e. The van der Waals surface area contributed by atoms with Gasteiger partial charge in [-0.1, -0.05) is 19.1 Å². The first-order valence-corrected chi connectivity index (χ1v) is 8.24. The molecule has 1 unspecified atom stereocenters. The number of nitrogens with one attached hydrogen (secondary N) is 2. The molecule has 2 aromatic rings. The monoisotopic (exact) mass is 308 g/mol. The fourth-order valence-corrected chi connectivity index (χ4v) is 3.32. The highest BCUT2D eigenvalue weighted by Crippen LogP contribution is 2.21. The lowest BCUT2D eigenvalue weighted by Gasteiger charge is -2.15. The van der Waals surface area contributed by atoms with Crippen molar-refractivity contribution in [2.24, 2.45) is 7.05 Å². The van der Waals surface area contributed by atoms with Crippen molar-refractivity contribution in [2.45, 2.75) is 24.3 Å². The number of hydrogen-bond donors (Lipinski definition) is 2. The lowest BCUT2D eigenvalue weighted by molar-refractivity contribution is 0.574. The van der Waals surface area contributed by atoms with Gasteiger partial charge in [-0.3, -0.25) is 9.40 Å². The molecule has 0 aliphatic rings. The highest BCUT2D eigenvalue weighted by Gasteiger charge is 2.17.